The van der Waals surface area contributed by atoms with Crippen molar-refractivity contribution in [1.82, 2.24) is 4.98 Å². The minimum Gasteiger partial charge on any atom is -0.370 e. The van der Waals surface area contributed by atoms with Crippen LogP contribution in [-0.4, -0.2) is 24.6 Å². The Morgan fingerprint density at radius 1 is 1.28 bits per heavy atom. The Morgan fingerprint density at radius 2 is 2.11 bits per heavy atom. The standard InChI is InChI=1S/C14H18ClN3/c1-2-8-18(9-6-16)14-5-7-17-13-10-11(15)3-4-12(13)14/h3-5,7,10H,2,6,8-9,16H2,1H3. The summed E-state index contributed by atoms with van der Waals surface area (Å²) in [5.41, 5.74) is 7.80. The molecule has 2 aromatic rings. The molecule has 4 heteroatoms. The number of halogens is 1. The van der Waals surface area contributed by atoms with E-state index >= 15 is 0 Å². The van der Waals surface area contributed by atoms with Crippen LogP contribution in [-0.2, 0) is 0 Å². The van der Waals surface area contributed by atoms with Crippen LogP contribution in [0.3, 0.4) is 0 Å². The largest absolute Gasteiger partial charge is 0.370 e. The summed E-state index contributed by atoms with van der Waals surface area (Å²) in [7, 11) is 0. The number of nitrogens with zero attached hydrogens (tertiary/aromatic N) is 2. The average Bonchev–Trinajstić information content (AvgIpc) is 2.37. The van der Waals surface area contributed by atoms with E-state index in [0.717, 1.165) is 30.4 Å². The molecule has 0 unspecified atom stereocenters. The van der Waals surface area contributed by atoms with Gasteiger partial charge < -0.3 is 10.6 Å². The normalized spacial score (nSPS) is 10.8. The molecule has 2 rings (SSSR count). The van der Waals surface area contributed by atoms with E-state index in [2.05, 4.69) is 16.8 Å². The second kappa shape index (κ2) is 6.03. The van der Waals surface area contributed by atoms with Gasteiger partial charge in [0.25, 0.3) is 0 Å². The molecule has 1 heterocycles. The summed E-state index contributed by atoms with van der Waals surface area (Å²) in [6.45, 7) is 4.68. The second-order valence-electron chi connectivity index (χ2n) is 4.27. The number of hydrogen-bond donors (Lipinski definition) is 1. The summed E-state index contributed by atoms with van der Waals surface area (Å²) < 4.78 is 0. The second-order valence-corrected chi connectivity index (χ2v) is 4.70. The van der Waals surface area contributed by atoms with E-state index < -0.39 is 0 Å². The Hall–Kier alpha value is -1.32. The van der Waals surface area contributed by atoms with Crippen molar-refractivity contribution in [3.8, 4) is 0 Å². The number of nitrogens with two attached hydrogens (primary N) is 1. The molecule has 0 saturated carbocycles. The van der Waals surface area contributed by atoms with Crippen LogP contribution < -0.4 is 10.6 Å². The van der Waals surface area contributed by atoms with Gasteiger partial charge in [-0.05, 0) is 30.7 Å². The highest BCUT2D eigenvalue weighted by molar-refractivity contribution is 6.31. The van der Waals surface area contributed by atoms with E-state index in [-0.39, 0.29) is 0 Å². The van der Waals surface area contributed by atoms with Crippen molar-refractivity contribution < 1.29 is 0 Å². The van der Waals surface area contributed by atoms with E-state index in [1.165, 1.54) is 5.69 Å². The number of pyridine rings is 1. The van der Waals surface area contributed by atoms with Gasteiger partial charge in [0.05, 0.1) is 5.52 Å². The van der Waals surface area contributed by atoms with Crippen LogP contribution >= 0.6 is 11.6 Å². The Morgan fingerprint density at radius 3 is 2.83 bits per heavy atom. The van der Waals surface area contributed by atoms with Crippen molar-refractivity contribution >= 4 is 28.2 Å². The summed E-state index contributed by atoms with van der Waals surface area (Å²) in [4.78, 5) is 6.67. The Labute approximate surface area is 113 Å². The first-order valence-corrected chi connectivity index (χ1v) is 6.63. The molecule has 0 spiro atoms. The maximum absolute atomic E-state index is 6.00. The van der Waals surface area contributed by atoms with E-state index in [1.54, 1.807) is 0 Å². The number of rotatable bonds is 5. The summed E-state index contributed by atoms with van der Waals surface area (Å²) in [5.74, 6) is 0. The van der Waals surface area contributed by atoms with Crippen LogP contribution in [0.1, 0.15) is 13.3 Å². The number of anilines is 1. The van der Waals surface area contributed by atoms with Crippen LogP contribution in [0, 0.1) is 0 Å². The monoisotopic (exact) mass is 263 g/mol. The minimum atomic E-state index is 0.650. The van der Waals surface area contributed by atoms with Crippen LogP contribution in [0.25, 0.3) is 10.9 Å². The molecule has 18 heavy (non-hydrogen) atoms. The smallest absolute Gasteiger partial charge is 0.0737 e. The highest BCUT2D eigenvalue weighted by atomic mass is 35.5. The van der Waals surface area contributed by atoms with Crippen LogP contribution in [0.2, 0.25) is 5.02 Å². The lowest BCUT2D eigenvalue weighted by atomic mass is 10.1. The molecule has 0 amide bonds. The predicted octanol–water partition coefficient (Wildman–Crippen LogP) is 3.06. The van der Waals surface area contributed by atoms with Gasteiger partial charge in [0, 0.05) is 41.9 Å². The maximum atomic E-state index is 6.00. The molecule has 0 atom stereocenters. The zero-order valence-corrected chi connectivity index (χ0v) is 11.3. The van der Waals surface area contributed by atoms with E-state index in [0.29, 0.717) is 11.6 Å². The van der Waals surface area contributed by atoms with Crippen molar-refractivity contribution in [3.05, 3.63) is 35.5 Å². The van der Waals surface area contributed by atoms with Gasteiger partial charge in [0.15, 0.2) is 0 Å². The van der Waals surface area contributed by atoms with Gasteiger partial charge in [-0.1, -0.05) is 18.5 Å². The topological polar surface area (TPSA) is 42.1 Å². The van der Waals surface area contributed by atoms with Gasteiger partial charge in [0.2, 0.25) is 0 Å². The van der Waals surface area contributed by atoms with E-state index in [9.17, 15) is 0 Å². The SMILES string of the molecule is CCCN(CCN)c1ccnc2cc(Cl)ccc12. The molecule has 0 fully saturated rings. The van der Waals surface area contributed by atoms with Crippen molar-refractivity contribution in [1.29, 1.82) is 0 Å². The number of benzene rings is 1. The van der Waals surface area contributed by atoms with E-state index in [4.69, 9.17) is 17.3 Å². The first-order valence-electron chi connectivity index (χ1n) is 6.25. The van der Waals surface area contributed by atoms with Crippen molar-refractivity contribution in [2.24, 2.45) is 5.73 Å². The Bertz CT molecular complexity index is 521. The first-order chi connectivity index (χ1) is 8.76. The first kappa shape index (κ1) is 13.1. The van der Waals surface area contributed by atoms with Gasteiger partial charge in [-0.2, -0.15) is 0 Å². The molecule has 1 aromatic heterocycles. The predicted molar refractivity (Wildman–Crippen MR) is 78.3 cm³/mol. The van der Waals surface area contributed by atoms with Crippen molar-refractivity contribution in [2.75, 3.05) is 24.5 Å². The molecular weight excluding hydrogens is 246 g/mol. The molecule has 0 radical (unpaired) electrons. The number of hydrogen-bond acceptors (Lipinski definition) is 3. The van der Waals surface area contributed by atoms with Crippen LogP contribution in [0.15, 0.2) is 30.5 Å². The lowest BCUT2D eigenvalue weighted by Gasteiger charge is -2.25. The third-order valence-electron chi connectivity index (χ3n) is 2.91. The van der Waals surface area contributed by atoms with Crippen LogP contribution in [0.5, 0.6) is 0 Å². The summed E-state index contributed by atoms with van der Waals surface area (Å²) in [6.07, 6.45) is 2.92. The molecule has 0 aliphatic rings. The highest BCUT2D eigenvalue weighted by Gasteiger charge is 2.09. The molecule has 0 aliphatic carbocycles. The highest BCUT2D eigenvalue weighted by Crippen LogP contribution is 2.27. The van der Waals surface area contributed by atoms with Gasteiger partial charge in [0.1, 0.15) is 0 Å². The third-order valence-corrected chi connectivity index (χ3v) is 3.15. The lowest BCUT2D eigenvalue weighted by molar-refractivity contribution is 0.765. The number of fused-ring (bicyclic) bond motifs is 1. The van der Waals surface area contributed by atoms with Crippen molar-refractivity contribution in [3.63, 3.8) is 0 Å². The zero-order chi connectivity index (χ0) is 13.0. The molecule has 2 N–H and O–H groups in total. The van der Waals surface area contributed by atoms with Gasteiger partial charge >= 0.3 is 0 Å². The maximum Gasteiger partial charge on any atom is 0.0737 e. The van der Waals surface area contributed by atoms with Gasteiger partial charge in [-0.15, -0.1) is 0 Å². The molecular formula is C14H18ClN3. The Balaban J connectivity index is 2.48. The quantitative estimate of drug-likeness (QED) is 0.902. The average molecular weight is 264 g/mol. The molecule has 0 aliphatic heterocycles. The summed E-state index contributed by atoms with van der Waals surface area (Å²) in [6, 6.07) is 7.87. The molecule has 3 nitrogen and oxygen atoms in total. The molecule has 0 bridgehead atoms. The van der Waals surface area contributed by atoms with Crippen molar-refractivity contribution in [2.45, 2.75) is 13.3 Å². The summed E-state index contributed by atoms with van der Waals surface area (Å²) >= 11 is 6.00. The van der Waals surface area contributed by atoms with E-state index in [1.807, 2.05) is 30.5 Å². The summed E-state index contributed by atoms with van der Waals surface area (Å²) in [5, 5.41) is 1.84. The van der Waals surface area contributed by atoms with Crippen LogP contribution in [0.4, 0.5) is 5.69 Å². The van der Waals surface area contributed by atoms with Gasteiger partial charge in [-0.3, -0.25) is 4.98 Å². The number of aromatic nitrogens is 1. The molecule has 1 aromatic carbocycles. The third kappa shape index (κ3) is 2.74. The Kier molecular flexibility index (Phi) is 4.39. The fourth-order valence-electron chi connectivity index (χ4n) is 2.16. The molecule has 96 valence electrons. The molecule has 0 saturated heterocycles. The lowest BCUT2D eigenvalue weighted by Crippen LogP contribution is -2.30. The van der Waals surface area contributed by atoms with Gasteiger partial charge in [-0.25, -0.2) is 0 Å². The fraction of sp³-hybridized carbons (Fsp3) is 0.357. The minimum absolute atomic E-state index is 0.650. The fourth-order valence-corrected chi connectivity index (χ4v) is 2.33. The zero-order valence-electron chi connectivity index (χ0n) is 10.6.